The predicted molar refractivity (Wildman–Crippen MR) is 112 cm³/mol. The first kappa shape index (κ1) is 22.1. The number of ether oxygens (including phenoxy) is 2. The van der Waals surface area contributed by atoms with Crippen molar-refractivity contribution in [2.24, 2.45) is 0 Å². The van der Waals surface area contributed by atoms with Crippen molar-refractivity contribution in [3.05, 3.63) is 53.9 Å². The van der Waals surface area contributed by atoms with Gasteiger partial charge in [0.2, 0.25) is 0 Å². The lowest BCUT2D eigenvalue weighted by molar-refractivity contribution is 0.0705. The van der Waals surface area contributed by atoms with Crippen LogP contribution in [0.1, 0.15) is 25.0 Å². The van der Waals surface area contributed by atoms with Gasteiger partial charge in [0.1, 0.15) is 12.7 Å². The molecule has 1 atom stereocenters. The van der Waals surface area contributed by atoms with Gasteiger partial charge in [0.25, 0.3) is 0 Å². The van der Waals surface area contributed by atoms with Gasteiger partial charge >= 0.3 is 0 Å². The Bertz CT molecular complexity index is 678. The van der Waals surface area contributed by atoms with Crippen molar-refractivity contribution in [3.8, 4) is 11.5 Å². The minimum atomic E-state index is -0.536. The second-order valence-electron chi connectivity index (χ2n) is 6.72. The molecule has 0 aliphatic heterocycles. The number of rotatable bonds is 13. The number of hydrogen-bond donors (Lipinski definition) is 2. The zero-order valence-electron chi connectivity index (χ0n) is 17.2. The molecule has 154 valence electrons. The minimum absolute atomic E-state index is 0.241. The molecule has 0 aliphatic carbocycles. The Morgan fingerprint density at radius 1 is 1.14 bits per heavy atom. The summed E-state index contributed by atoms with van der Waals surface area (Å²) in [6.45, 7) is 8.46. The van der Waals surface area contributed by atoms with Crippen LogP contribution in [0.3, 0.4) is 0 Å². The van der Waals surface area contributed by atoms with Gasteiger partial charge in [-0.05, 0) is 55.4 Å². The maximum Gasteiger partial charge on any atom is 0.161 e. The van der Waals surface area contributed by atoms with E-state index in [-0.39, 0.29) is 6.61 Å². The third-order valence-corrected chi connectivity index (χ3v) is 4.67. The fourth-order valence-corrected chi connectivity index (χ4v) is 2.97. The molecule has 0 radical (unpaired) electrons. The summed E-state index contributed by atoms with van der Waals surface area (Å²) in [5.74, 6) is 1.34. The summed E-state index contributed by atoms with van der Waals surface area (Å²) in [6.07, 6.45) is 4.08. The number of pyridine rings is 1. The largest absolute Gasteiger partial charge is 0.493 e. The fraction of sp³-hybridized carbons (Fsp3) is 0.500. The third-order valence-electron chi connectivity index (χ3n) is 4.67. The summed E-state index contributed by atoms with van der Waals surface area (Å²) in [5.41, 5.74) is 2.33. The van der Waals surface area contributed by atoms with E-state index in [1.165, 1.54) is 5.56 Å². The third kappa shape index (κ3) is 7.46. The first-order valence-corrected chi connectivity index (χ1v) is 9.96. The number of nitrogens with one attached hydrogen (secondary N) is 1. The van der Waals surface area contributed by atoms with E-state index in [4.69, 9.17) is 9.47 Å². The van der Waals surface area contributed by atoms with E-state index in [0.717, 1.165) is 38.2 Å². The monoisotopic (exact) mass is 387 g/mol. The normalized spacial score (nSPS) is 12.2. The van der Waals surface area contributed by atoms with Crippen LogP contribution in [-0.4, -0.2) is 61.0 Å². The van der Waals surface area contributed by atoms with Gasteiger partial charge in [-0.15, -0.1) is 0 Å². The molecule has 2 aromatic rings. The summed E-state index contributed by atoms with van der Waals surface area (Å²) in [4.78, 5) is 6.31. The molecule has 0 unspecified atom stereocenters. The van der Waals surface area contributed by atoms with Crippen molar-refractivity contribution in [1.82, 2.24) is 15.2 Å². The SMILES string of the molecule is CCN(CC)C[C@@H](O)COc1cc(CNCCc2cccnc2)ccc1OC. The standard InChI is InChI=1S/C22H33N3O3/c1-4-25(5-2)16-20(26)17-28-22-13-19(8-9-21(22)27-3)15-24-12-10-18-7-6-11-23-14-18/h6-9,11,13-14,20,24,26H,4-5,10,12,15-17H2,1-3H3/t20-/m1/s1. The van der Waals surface area contributed by atoms with Crippen molar-refractivity contribution in [2.45, 2.75) is 32.9 Å². The molecule has 0 saturated carbocycles. The Labute approximate surface area is 168 Å². The van der Waals surface area contributed by atoms with Crippen LogP contribution in [0.5, 0.6) is 11.5 Å². The van der Waals surface area contributed by atoms with Gasteiger partial charge < -0.3 is 24.8 Å². The Morgan fingerprint density at radius 3 is 2.64 bits per heavy atom. The summed E-state index contributed by atoms with van der Waals surface area (Å²) in [5, 5.41) is 13.7. The number of likely N-dealkylation sites (N-methyl/N-ethyl adjacent to an activating group) is 1. The van der Waals surface area contributed by atoms with Crippen LogP contribution < -0.4 is 14.8 Å². The maximum absolute atomic E-state index is 10.2. The molecule has 1 aromatic heterocycles. The van der Waals surface area contributed by atoms with E-state index < -0.39 is 6.10 Å². The lowest BCUT2D eigenvalue weighted by atomic mass is 10.2. The second-order valence-corrected chi connectivity index (χ2v) is 6.72. The van der Waals surface area contributed by atoms with Crippen molar-refractivity contribution >= 4 is 0 Å². The highest BCUT2D eigenvalue weighted by Gasteiger charge is 2.12. The Kier molecular flexibility index (Phi) is 9.76. The van der Waals surface area contributed by atoms with Gasteiger partial charge in [0, 0.05) is 25.5 Å². The molecule has 1 heterocycles. The van der Waals surface area contributed by atoms with Crippen LogP contribution in [0.25, 0.3) is 0 Å². The first-order chi connectivity index (χ1) is 13.7. The number of benzene rings is 1. The molecule has 2 rings (SSSR count). The van der Waals surface area contributed by atoms with Gasteiger partial charge in [0.15, 0.2) is 11.5 Å². The quantitative estimate of drug-likeness (QED) is 0.515. The topological polar surface area (TPSA) is 66.9 Å². The average Bonchev–Trinajstić information content (AvgIpc) is 2.74. The second kappa shape index (κ2) is 12.3. The number of aliphatic hydroxyl groups is 1. The van der Waals surface area contributed by atoms with E-state index in [2.05, 4.69) is 35.1 Å². The lowest BCUT2D eigenvalue weighted by Gasteiger charge is -2.22. The van der Waals surface area contributed by atoms with Crippen molar-refractivity contribution < 1.29 is 14.6 Å². The van der Waals surface area contributed by atoms with Crippen LogP contribution in [0, 0.1) is 0 Å². The number of nitrogens with zero attached hydrogens (tertiary/aromatic N) is 2. The van der Waals surface area contributed by atoms with Crippen LogP contribution in [0.15, 0.2) is 42.7 Å². The molecule has 0 spiro atoms. The summed E-state index contributed by atoms with van der Waals surface area (Å²) in [6, 6.07) is 9.94. The molecule has 1 aromatic carbocycles. The van der Waals surface area contributed by atoms with Gasteiger partial charge in [-0.1, -0.05) is 26.0 Å². The molecule has 0 fully saturated rings. The van der Waals surface area contributed by atoms with Crippen LogP contribution in [0.4, 0.5) is 0 Å². The summed E-state index contributed by atoms with van der Waals surface area (Å²) >= 11 is 0. The Balaban J connectivity index is 1.84. The molecule has 6 heteroatoms. The van der Waals surface area contributed by atoms with Gasteiger partial charge in [0.05, 0.1) is 7.11 Å². The van der Waals surface area contributed by atoms with Crippen LogP contribution in [0.2, 0.25) is 0 Å². The van der Waals surface area contributed by atoms with Gasteiger partial charge in [-0.3, -0.25) is 4.98 Å². The maximum atomic E-state index is 10.2. The first-order valence-electron chi connectivity index (χ1n) is 9.96. The van der Waals surface area contributed by atoms with Crippen molar-refractivity contribution in [3.63, 3.8) is 0 Å². The smallest absolute Gasteiger partial charge is 0.161 e. The molecule has 0 bridgehead atoms. The van der Waals surface area contributed by atoms with E-state index in [1.54, 1.807) is 13.3 Å². The van der Waals surface area contributed by atoms with Crippen molar-refractivity contribution in [2.75, 3.05) is 39.9 Å². The molecule has 28 heavy (non-hydrogen) atoms. The van der Waals surface area contributed by atoms with Crippen LogP contribution >= 0.6 is 0 Å². The van der Waals surface area contributed by atoms with Gasteiger partial charge in [-0.25, -0.2) is 0 Å². The zero-order valence-corrected chi connectivity index (χ0v) is 17.2. The molecule has 0 aliphatic rings. The fourth-order valence-electron chi connectivity index (χ4n) is 2.97. The van der Waals surface area contributed by atoms with Crippen molar-refractivity contribution in [1.29, 1.82) is 0 Å². The molecule has 0 amide bonds. The summed E-state index contributed by atoms with van der Waals surface area (Å²) in [7, 11) is 1.63. The highest BCUT2D eigenvalue weighted by Crippen LogP contribution is 2.28. The van der Waals surface area contributed by atoms with E-state index in [0.29, 0.717) is 18.0 Å². The van der Waals surface area contributed by atoms with Crippen LogP contribution in [-0.2, 0) is 13.0 Å². The summed E-state index contributed by atoms with van der Waals surface area (Å²) < 4.78 is 11.3. The molecule has 2 N–H and O–H groups in total. The highest BCUT2D eigenvalue weighted by atomic mass is 16.5. The van der Waals surface area contributed by atoms with E-state index >= 15 is 0 Å². The number of aliphatic hydroxyl groups excluding tert-OH is 1. The number of methoxy groups -OCH3 is 1. The molecular weight excluding hydrogens is 354 g/mol. The molecular formula is C22H33N3O3. The molecule has 0 saturated heterocycles. The average molecular weight is 388 g/mol. The lowest BCUT2D eigenvalue weighted by Crippen LogP contribution is -2.35. The van der Waals surface area contributed by atoms with E-state index in [1.807, 2.05) is 30.5 Å². The number of aromatic nitrogens is 1. The Hall–Kier alpha value is -2.15. The highest BCUT2D eigenvalue weighted by molar-refractivity contribution is 5.43. The Morgan fingerprint density at radius 2 is 1.96 bits per heavy atom. The van der Waals surface area contributed by atoms with E-state index in [9.17, 15) is 5.11 Å². The number of hydrogen-bond acceptors (Lipinski definition) is 6. The minimum Gasteiger partial charge on any atom is -0.493 e. The zero-order chi connectivity index (χ0) is 20.2. The molecule has 6 nitrogen and oxygen atoms in total. The predicted octanol–water partition coefficient (Wildman–Crippen LogP) is 2.50. The van der Waals surface area contributed by atoms with Gasteiger partial charge in [-0.2, -0.15) is 0 Å².